The van der Waals surface area contributed by atoms with Crippen molar-refractivity contribution >= 4 is 11.9 Å². The van der Waals surface area contributed by atoms with Gasteiger partial charge in [0.1, 0.15) is 0 Å². The van der Waals surface area contributed by atoms with E-state index in [2.05, 4.69) is 0 Å². The summed E-state index contributed by atoms with van der Waals surface area (Å²) in [5.41, 5.74) is 0.177. The zero-order valence-corrected chi connectivity index (χ0v) is 8.87. The minimum Gasteiger partial charge on any atom is -0.545 e. The molecule has 0 unspecified atom stereocenters. The van der Waals surface area contributed by atoms with Crippen LogP contribution in [0.25, 0.3) is 0 Å². The fourth-order valence-electron chi connectivity index (χ4n) is 0.969. The summed E-state index contributed by atoms with van der Waals surface area (Å²) in [6, 6.07) is 3.72. The maximum absolute atomic E-state index is 10.5. The van der Waals surface area contributed by atoms with Crippen molar-refractivity contribution in [3.8, 4) is 0 Å². The summed E-state index contributed by atoms with van der Waals surface area (Å²) >= 11 is 0. The number of hydrogen-bond acceptors (Lipinski definition) is 4. The Kier molecular flexibility index (Phi) is 7.57. The Labute approximate surface area is 111 Å². The topological polar surface area (TPSA) is 80.3 Å². The molecule has 0 radical (unpaired) electrons. The number of aromatic carboxylic acids is 2. The molecule has 6 heteroatoms. The summed E-state index contributed by atoms with van der Waals surface area (Å²) in [5, 5.41) is 20.8. The smallest absolute Gasteiger partial charge is 0.545 e. The molecule has 1 aromatic carbocycles. The first-order chi connectivity index (χ1) is 6.02. The first-order valence-corrected chi connectivity index (χ1v) is 3.55. The summed E-state index contributed by atoms with van der Waals surface area (Å²) in [6.07, 6.45) is 0. The van der Waals surface area contributed by atoms with Crippen molar-refractivity contribution in [2.24, 2.45) is 0 Å². The Bertz CT molecular complexity index is 376. The van der Waals surface area contributed by atoms with Gasteiger partial charge < -0.3 is 19.8 Å². The van der Waals surface area contributed by atoms with Gasteiger partial charge in [-0.3, -0.25) is 0 Å². The van der Waals surface area contributed by atoms with Crippen LogP contribution < -0.4 is 47.9 Å². The van der Waals surface area contributed by atoms with E-state index in [0.29, 0.717) is 5.56 Å². The van der Waals surface area contributed by atoms with E-state index in [0.717, 1.165) is 6.07 Å². The van der Waals surface area contributed by atoms with Crippen LogP contribution in [-0.2, 0) is 0 Å². The molecule has 0 aliphatic carbocycles. The minimum absolute atomic E-state index is 0. The molecule has 68 valence electrons. The third-order valence-corrected chi connectivity index (χ3v) is 1.69. The molecule has 0 amide bonds. The van der Waals surface area contributed by atoms with Crippen LogP contribution in [-0.4, -0.2) is 11.9 Å². The summed E-state index contributed by atoms with van der Waals surface area (Å²) in [6.45, 7) is 1.56. The molecular weight excluding hydrogens is 186 g/mol. The predicted molar refractivity (Wildman–Crippen MR) is 39.8 cm³/mol. The standard InChI is InChI=1S/C9H8O4.2Li/c1-5-2-3-6(8(10)11)4-7(5)9(12)13;;/h2-4H,1H3,(H,10,11)(H,12,13);;/q;2*+1/p-2. The summed E-state index contributed by atoms with van der Waals surface area (Å²) in [5.74, 6) is -2.79. The number of carbonyl (C=O) groups excluding carboxylic acids is 2. The van der Waals surface area contributed by atoms with Crippen LogP contribution in [0.1, 0.15) is 26.3 Å². The summed E-state index contributed by atoms with van der Waals surface area (Å²) < 4.78 is 0. The number of carboxylic acids is 2. The molecule has 15 heavy (non-hydrogen) atoms. The van der Waals surface area contributed by atoms with Crippen molar-refractivity contribution < 1.29 is 57.5 Å². The minimum atomic E-state index is -1.40. The van der Waals surface area contributed by atoms with E-state index in [9.17, 15) is 19.8 Å². The van der Waals surface area contributed by atoms with Crippen LogP contribution >= 0.6 is 0 Å². The van der Waals surface area contributed by atoms with Gasteiger partial charge >= 0.3 is 37.7 Å². The second kappa shape index (κ2) is 6.77. The first-order valence-electron chi connectivity index (χ1n) is 3.55. The van der Waals surface area contributed by atoms with Gasteiger partial charge in [0.25, 0.3) is 0 Å². The fourth-order valence-corrected chi connectivity index (χ4v) is 0.969. The maximum Gasteiger partial charge on any atom is 1.00 e. The van der Waals surface area contributed by atoms with E-state index in [1.807, 2.05) is 0 Å². The Morgan fingerprint density at radius 2 is 1.60 bits per heavy atom. The molecule has 0 atom stereocenters. The maximum atomic E-state index is 10.5. The fraction of sp³-hybridized carbons (Fsp3) is 0.111. The number of aryl methyl sites for hydroxylation is 1. The Hall–Kier alpha value is -0.645. The molecule has 0 bridgehead atoms. The van der Waals surface area contributed by atoms with E-state index >= 15 is 0 Å². The van der Waals surface area contributed by atoms with Crippen molar-refractivity contribution in [2.75, 3.05) is 0 Å². The second-order valence-corrected chi connectivity index (χ2v) is 2.60. The van der Waals surface area contributed by atoms with Crippen LogP contribution in [0.3, 0.4) is 0 Å². The van der Waals surface area contributed by atoms with Crippen molar-refractivity contribution in [1.29, 1.82) is 0 Å². The Balaban J connectivity index is 0. The average Bonchev–Trinajstić information content (AvgIpc) is 2.04. The molecule has 0 spiro atoms. The van der Waals surface area contributed by atoms with Gasteiger partial charge in [0.15, 0.2) is 0 Å². The van der Waals surface area contributed by atoms with Crippen molar-refractivity contribution in [1.82, 2.24) is 0 Å². The van der Waals surface area contributed by atoms with Gasteiger partial charge in [-0.1, -0.05) is 12.1 Å². The molecule has 1 rings (SSSR count). The second-order valence-electron chi connectivity index (χ2n) is 2.60. The zero-order chi connectivity index (χ0) is 10.0. The SMILES string of the molecule is Cc1ccc(C(=O)[O-])cc1C(=O)[O-].[Li+].[Li+]. The Morgan fingerprint density at radius 3 is 2.00 bits per heavy atom. The molecule has 0 saturated heterocycles. The largest absolute Gasteiger partial charge is 1.00 e. The van der Waals surface area contributed by atoms with Crippen LogP contribution in [0, 0.1) is 6.92 Å². The molecule has 1 aromatic rings. The predicted octanol–water partition coefficient (Wildman–Crippen LogP) is -7.27. The van der Waals surface area contributed by atoms with E-state index in [1.54, 1.807) is 6.92 Å². The average molecular weight is 192 g/mol. The number of carbonyl (C=O) groups is 2. The molecular formula is C9H6Li2O4. The van der Waals surface area contributed by atoms with Crippen molar-refractivity contribution in [2.45, 2.75) is 6.92 Å². The molecule has 0 fully saturated rings. The van der Waals surface area contributed by atoms with E-state index in [4.69, 9.17) is 0 Å². The third-order valence-electron chi connectivity index (χ3n) is 1.69. The molecule has 0 heterocycles. The van der Waals surface area contributed by atoms with Gasteiger partial charge in [0.05, 0.1) is 11.9 Å². The zero-order valence-electron chi connectivity index (χ0n) is 8.87. The van der Waals surface area contributed by atoms with Gasteiger partial charge in [0.2, 0.25) is 0 Å². The number of hydrogen-bond donors (Lipinski definition) is 0. The van der Waals surface area contributed by atoms with Crippen LogP contribution in [0.4, 0.5) is 0 Å². The molecule has 0 aromatic heterocycles. The van der Waals surface area contributed by atoms with Gasteiger partial charge in [0, 0.05) is 5.56 Å². The summed E-state index contributed by atoms with van der Waals surface area (Å²) in [7, 11) is 0. The van der Waals surface area contributed by atoms with Crippen LogP contribution in [0.5, 0.6) is 0 Å². The van der Waals surface area contributed by atoms with Gasteiger partial charge in [-0.05, 0) is 24.1 Å². The number of rotatable bonds is 2. The Morgan fingerprint density at radius 1 is 1.07 bits per heavy atom. The van der Waals surface area contributed by atoms with Crippen molar-refractivity contribution in [3.05, 3.63) is 34.9 Å². The van der Waals surface area contributed by atoms with Crippen LogP contribution in [0.15, 0.2) is 18.2 Å². The molecule has 0 aliphatic rings. The number of benzene rings is 1. The molecule has 0 N–H and O–H groups in total. The summed E-state index contributed by atoms with van der Waals surface area (Å²) in [4.78, 5) is 20.8. The third kappa shape index (κ3) is 4.16. The van der Waals surface area contributed by atoms with E-state index < -0.39 is 11.9 Å². The van der Waals surface area contributed by atoms with Gasteiger partial charge in [-0.2, -0.15) is 0 Å². The molecule has 0 saturated carbocycles. The van der Waals surface area contributed by atoms with Crippen LogP contribution in [0.2, 0.25) is 0 Å². The van der Waals surface area contributed by atoms with Crippen molar-refractivity contribution in [3.63, 3.8) is 0 Å². The monoisotopic (exact) mass is 192 g/mol. The quantitative estimate of drug-likeness (QED) is 0.436. The number of carboxylic acid groups (broad SMARTS) is 2. The first kappa shape index (κ1) is 16.8. The normalized spacial score (nSPS) is 8.33. The van der Waals surface area contributed by atoms with Gasteiger partial charge in [-0.25, -0.2) is 0 Å². The van der Waals surface area contributed by atoms with E-state index in [1.165, 1.54) is 12.1 Å². The molecule has 0 aliphatic heterocycles. The van der Waals surface area contributed by atoms with Gasteiger partial charge in [-0.15, -0.1) is 0 Å². The molecule has 4 nitrogen and oxygen atoms in total. The van der Waals surface area contributed by atoms with E-state index in [-0.39, 0.29) is 48.8 Å².